The van der Waals surface area contributed by atoms with Gasteiger partial charge in [-0.1, -0.05) is 6.58 Å². The van der Waals surface area contributed by atoms with Gasteiger partial charge in [0, 0.05) is 0 Å². The van der Waals surface area contributed by atoms with Gasteiger partial charge in [-0.15, -0.1) is 0 Å². The summed E-state index contributed by atoms with van der Waals surface area (Å²) in [5.41, 5.74) is 0.525. The van der Waals surface area contributed by atoms with Gasteiger partial charge in [0.05, 0.1) is 13.2 Å². The molecule has 3 nitrogen and oxygen atoms in total. The van der Waals surface area contributed by atoms with Crippen LogP contribution in [0.5, 0.6) is 0 Å². The van der Waals surface area contributed by atoms with Crippen molar-refractivity contribution in [2.24, 2.45) is 4.99 Å². The molecule has 0 aromatic rings. The normalized spacial score (nSPS) is 9.18. The van der Waals surface area contributed by atoms with Crippen LogP contribution in [0.15, 0.2) is 17.1 Å². The molecule has 0 heterocycles. The number of ether oxygens (including phenoxy) is 1. The average molecular weight is 155 g/mol. The first-order chi connectivity index (χ1) is 5.18. The molecule has 0 unspecified atom stereocenters. The molecule has 0 aliphatic heterocycles. The molecular weight excluding hydrogens is 142 g/mol. The number of hydrogen-bond acceptors (Lipinski definition) is 3. The Bertz CT molecular complexity index is 163. The van der Waals surface area contributed by atoms with Gasteiger partial charge in [0.1, 0.15) is 6.61 Å². The molecule has 0 amide bonds. The van der Waals surface area contributed by atoms with E-state index in [-0.39, 0.29) is 12.4 Å². The second-order valence-electron chi connectivity index (χ2n) is 2.20. The van der Waals surface area contributed by atoms with E-state index in [1.54, 1.807) is 6.92 Å². The second kappa shape index (κ2) is 5.80. The maximum Gasteiger partial charge on any atom is 0.183 e. The van der Waals surface area contributed by atoms with Crippen LogP contribution in [0, 0.1) is 0 Å². The highest BCUT2D eigenvalue weighted by Gasteiger charge is 2.00. The number of hydrogen-bond donors (Lipinski definition) is 0. The molecule has 0 spiro atoms. The summed E-state index contributed by atoms with van der Waals surface area (Å²) in [6.07, 6.45) is 0. The van der Waals surface area contributed by atoms with Crippen molar-refractivity contribution in [3.8, 4) is 0 Å². The molecule has 0 aromatic carbocycles. The van der Waals surface area contributed by atoms with Crippen molar-refractivity contribution >= 4 is 12.5 Å². The number of ketones is 1. The highest BCUT2D eigenvalue weighted by molar-refractivity contribution is 5.95. The zero-order chi connectivity index (χ0) is 8.69. The third-order valence-corrected chi connectivity index (χ3v) is 1.10. The molecule has 0 rings (SSSR count). The second-order valence-corrected chi connectivity index (χ2v) is 2.20. The lowest BCUT2D eigenvalue weighted by Gasteiger charge is -1.99. The van der Waals surface area contributed by atoms with E-state index in [1.807, 2.05) is 0 Å². The predicted molar refractivity (Wildman–Crippen MR) is 45.1 cm³/mol. The highest BCUT2D eigenvalue weighted by atomic mass is 16.5. The van der Waals surface area contributed by atoms with Crippen LogP contribution in [0.25, 0.3) is 0 Å². The summed E-state index contributed by atoms with van der Waals surface area (Å²) in [5, 5.41) is 0. The fourth-order valence-electron chi connectivity index (χ4n) is 0.417. The Balaban J connectivity index is 3.31. The standard InChI is InChI=1S/C8H13NO2/c1-7(2)8(10)6-11-5-4-9-3/h1,3-6H2,2H3. The summed E-state index contributed by atoms with van der Waals surface area (Å²) < 4.78 is 4.95. The number of carbonyl (C=O) groups is 1. The number of aliphatic imine (C=N–C) groups is 1. The van der Waals surface area contributed by atoms with Gasteiger partial charge in [-0.25, -0.2) is 0 Å². The van der Waals surface area contributed by atoms with E-state index >= 15 is 0 Å². The zero-order valence-corrected chi connectivity index (χ0v) is 6.80. The lowest BCUT2D eigenvalue weighted by atomic mass is 10.2. The average Bonchev–Trinajstić information content (AvgIpc) is 1.97. The van der Waals surface area contributed by atoms with E-state index < -0.39 is 0 Å². The maximum atomic E-state index is 10.8. The molecular formula is C8H13NO2. The number of Topliss-reactive ketones (excluding diaryl/α,β-unsaturated/α-hetero) is 1. The van der Waals surface area contributed by atoms with E-state index in [2.05, 4.69) is 18.3 Å². The van der Waals surface area contributed by atoms with Crippen LogP contribution < -0.4 is 0 Å². The summed E-state index contributed by atoms with van der Waals surface area (Å²) in [7, 11) is 0. The minimum absolute atomic E-state index is 0.0611. The molecule has 0 aromatic heterocycles. The van der Waals surface area contributed by atoms with Gasteiger partial charge in [-0.2, -0.15) is 0 Å². The fraction of sp³-hybridized carbons (Fsp3) is 0.500. The van der Waals surface area contributed by atoms with Gasteiger partial charge in [-0.05, 0) is 19.2 Å². The minimum Gasteiger partial charge on any atom is -0.371 e. The maximum absolute atomic E-state index is 10.8. The Morgan fingerprint density at radius 1 is 1.64 bits per heavy atom. The topological polar surface area (TPSA) is 38.7 Å². The summed E-state index contributed by atoms with van der Waals surface area (Å²) >= 11 is 0. The van der Waals surface area contributed by atoms with Crippen molar-refractivity contribution in [1.82, 2.24) is 0 Å². The van der Waals surface area contributed by atoms with Gasteiger partial charge in [-0.3, -0.25) is 9.79 Å². The van der Waals surface area contributed by atoms with Gasteiger partial charge in [0.15, 0.2) is 5.78 Å². The smallest absolute Gasteiger partial charge is 0.183 e. The molecule has 11 heavy (non-hydrogen) atoms. The van der Waals surface area contributed by atoms with Gasteiger partial charge < -0.3 is 4.74 Å². The van der Waals surface area contributed by atoms with Crippen LogP contribution in [-0.2, 0) is 9.53 Å². The largest absolute Gasteiger partial charge is 0.371 e. The van der Waals surface area contributed by atoms with E-state index in [1.165, 1.54) is 0 Å². The lowest BCUT2D eigenvalue weighted by molar-refractivity contribution is -0.119. The van der Waals surface area contributed by atoms with E-state index in [9.17, 15) is 4.79 Å². The summed E-state index contributed by atoms with van der Waals surface area (Å²) in [6, 6.07) is 0. The van der Waals surface area contributed by atoms with Crippen molar-refractivity contribution in [1.29, 1.82) is 0 Å². The molecule has 62 valence electrons. The Labute approximate surface area is 66.8 Å². The van der Waals surface area contributed by atoms with Crippen molar-refractivity contribution < 1.29 is 9.53 Å². The molecule has 0 fully saturated rings. The third-order valence-electron chi connectivity index (χ3n) is 1.10. The van der Waals surface area contributed by atoms with Crippen LogP contribution in [0.3, 0.4) is 0 Å². The van der Waals surface area contributed by atoms with Crippen LogP contribution in [-0.4, -0.2) is 32.3 Å². The van der Waals surface area contributed by atoms with E-state index in [0.717, 1.165) is 0 Å². The molecule has 0 saturated heterocycles. The predicted octanol–water partition coefficient (Wildman–Crippen LogP) is 0.849. The minimum atomic E-state index is -0.0611. The van der Waals surface area contributed by atoms with Gasteiger partial charge in [0.2, 0.25) is 0 Å². The molecule has 0 bridgehead atoms. The van der Waals surface area contributed by atoms with Crippen LogP contribution >= 0.6 is 0 Å². The van der Waals surface area contributed by atoms with Gasteiger partial charge in [0.25, 0.3) is 0 Å². The summed E-state index contributed by atoms with van der Waals surface area (Å²) in [5.74, 6) is -0.0611. The first-order valence-electron chi connectivity index (χ1n) is 3.37. The number of carbonyl (C=O) groups excluding carboxylic acids is 1. The Morgan fingerprint density at radius 2 is 2.27 bits per heavy atom. The molecule has 0 radical (unpaired) electrons. The van der Waals surface area contributed by atoms with E-state index in [0.29, 0.717) is 18.7 Å². The summed E-state index contributed by atoms with van der Waals surface area (Å²) in [4.78, 5) is 14.4. The zero-order valence-electron chi connectivity index (χ0n) is 6.80. The number of nitrogens with zero attached hydrogens (tertiary/aromatic N) is 1. The van der Waals surface area contributed by atoms with Crippen LogP contribution in [0.4, 0.5) is 0 Å². The van der Waals surface area contributed by atoms with Crippen molar-refractivity contribution in [3.63, 3.8) is 0 Å². The summed E-state index contributed by atoms with van der Waals surface area (Å²) in [6.45, 7) is 9.51. The van der Waals surface area contributed by atoms with Crippen molar-refractivity contribution in [2.45, 2.75) is 6.92 Å². The first-order valence-corrected chi connectivity index (χ1v) is 3.37. The third kappa shape index (κ3) is 5.48. The quantitative estimate of drug-likeness (QED) is 0.324. The fourth-order valence-corrected chi connectivity index (χ4v) is 0.417. The van der Waals surface area contributed by atoms with Crippen molar-refractivity contribution in [2.75, 3.05) is 19.8 Å². The van der Waals surface area contributed by atoms with Crippen LogP contribution in [0.2, 0.25) is 0 Å². The monoisotopic (exact) mass is 155 g/mol. The Kier molecular flexibility index (Phi) is 5.29. The molecule has 3 heteroatoms. The Morgan fingerprint density at radius 3 is 2.73 bits per heavy atom. The van der Waals surface area contributed by atoms with Gasteiger partial charge >= 0.3 is 0 Å². The lowest BCUT2D eigenvalue weighted by Crippen LogP contribution is -2.10. The molecule has 0 aliphatic carbocycles. The number of rotatable bonds is 6. The molecule has 0 N–H and O–H groups in total. The Hall–Kier alpha value is -0.960. The first kappa shape index (κ1) is 10.0. The highest BCUT2D eigenvalue weighted by Crippen LogP contribution is 1.90. The molecule has 0 saturated carbocycles. The van der Waals surface area contributed by atoms with E-state index in [4.69, 9.17) is 4.74 Å². The van der Waals surface area contributed by atoms with Crippen LogP contribution in [0.1, 0.15) is 6.92 Å². The van der Waals surface area contributed by atoms with Crippen molar-refractivity contribution in [3.05, 3.63) is 12.2 Å². The SMILES string of the molecule is C=NCCOCC(=O)C(=C)C. The molecule has 0 atom stereocenters. The molecule has 0 aliphatic rings.